The van der Waals surface area contributed by atoms with Crippen LogP contribution < -0.4 is 0 Å². The fraction of sp³-hybridized carbons (Fsp3) is 1.00. The molecule has 23 heavy (non-hydrogen) atoms. The first-order valence-corrected chi connectivity index (χ1v) is 16.1. The average Bonchev–Trinajstić information content (AvgIpc) is 2.65. The molecule has 3 rings (SSSR count). The molecule has 2 saturated carbocycles. The molecule has 1 saturated heterocycles. The van der Waals surface area contributed by atoms with Crippen LogP contribution in [0.15, 0.2) is 0 Å². The molecule has 1 N–H and O–H groups in total. The van der Waals surface area contributed by atoms with E-state index in [9.17, 15) is 5.11 Å². The third-order valence-corrected chi connectivity index (χ3v) is 20.4. The predicted molar refractivity (Wildman–Crippen MR) is 102 cm³/mol. The second-order valence-electron chi connectivity index (χ2n) is 8.71. The van der Waals surface area contributed by atoms with Crippen molar-refractivity contribution in [1.29, 1.82) is 0 Å². The Bertz CT molecular complexity index is 313. The number of aliphatic hydroxyl groups excluding tert-OH is 1. The fourth-order valence-corrected chi connectivity index (χ4v) is 18.6. The van der Waals surface area contributed by atoms with E-state index in [2.05, 4.69) is 4.90 Å². The van der Waals surface area contributed by atoms with E-state index in [-0.39, 0.29) is 0 Å². The molecule has 3 aliphatic rings. The van der Waals surface area contributed by atoms with Crippen molar-refractivity contribution in [2.75, 3.05) is 25.1 Å². The van der Waals surface area contributed by atoms with Crippen molar-refractivity contribution < 1.29 is 5.11 Å². The molecule has 3 heteroatoms. The molecule has 1 heterocycles. The molecule has 0 aromatic heterocycles. The van der Waals surface area contributed by atoms with Crippen molar-refractivity contribution in [1.82, 2.24) is 4.90 Å². The van der Waals surface area contributed by atoms with E-state index < -0.39 is 13.3 Å². The Morgan fingerprint density at radius 2 is 1.17 bits per heavy atom. The van der Waals surface area contributed by atoms with Gasteiger partial charge in [-0.2, -0.15) is 0 Å². The van der Waals surface area contributed by atoms with E-state index in [4.69, 9.17) is 0 Å². The van der Waals surface area contributed by atoms with Gasteiger partial charge in [-0.15, -0.1) is 0 Å². The van der Waals surface area contributed by atoms with Crippen LogP contribution in [0.4, 0.5) is 0 Å². The van der Waals surface area contributed by atoms with Gasteiger partial charge in [0.2, 0.25) is 0 Å². The number of hydrogen-bond acceptors (Lipinski definition) is 2. The second-order valence-corrected chi connectivity index (χ2v) is 19.0. The van der Waals surface area contributed by atoms with E-state index >= 15 is 0 Å². The quantitative estimate of drug-likeness (QED) is 0.645. The van der Waals surface area contributed by atoms with Crippen LogP contribution in [-0.2, 0) is 0 Å². The first kappa shape index (κ1) is 18.3. The molecular formula is C20H39GeNO. The first-order valence-electron chi connectivity index (χ1n) is 10.7. The Labute approximate surface area is 146 Å². The van der Waals surface area contributed by atoms with Crippen LogP contribution in [0, 0.1) is 0 Å². The summed E-state index contributed by atoms with van der Waals surface area (Å²) < 4.78 is 1.98. The Hall–Kier alpha value is 0.463. The van der Waals surface area contributed by atoms with E-state index in [0.717, 1.165) is 9.50 Å². The SMILES string of the molecule is O[CH2][Ge]([CH2]CN1CCCCC1)([CH]1CCCCC1)[CH]1CCCCC1. The summed E-state index contributed by atoms with van der Waals surface area (Å²) in [5.41, 5.74) is 0.642. The monoisotopic (exact) mass is 383 g/mol. The van der Waals surface area contributed by atoms with Crippen LogP contribution >= 0.6 is 0 Å². The Kier molecular flexibility index (Phi) is 7.34. The average molecular weight is 382 g/mol. The minimum atomic E-state index is -2.16. The number of piperidine rings is 1. The van der Waals surface area contributed by atoms with Crippen LogP contribution in [0.2, 0.25) is 14.8 Å². The molecule has 0 unspecified atom stereocenters. The normalized spacial score (nSPS) is 26.5. The van der Waals surface area contributed by atoms with Gasteiger partial charge in [0, 0.05) is 0 Å². The third kappa shape index (κ3) is 4.55. The Balaban J connectivity index is 1.69. The molecular weight excluding hydrogens is 343 g/mol. The number of nitrogens with zero attached hydrogens (tertiary/aromatic N) is 1. The molecule has 0 radical (unpaired) electrons. The van der Waals surface area contributed by atoms with Crippen LogP contribution in [0.5, 0.6) is 0 Å². The van der Waals surface area contributed by atoms with E-state index in [0.29, 0.717) is 5.44 Å². The standard InChI is InChI=1S/C20H39GeNO/c23-18-21(19-10-4-1-5-11-19,20-12-6-2-7-13-20)14-17-22-15-8-3-9-16-22/h19-20,23H,1-18H2. The molecule has 0 aromatic carbocycles. The van der Waals surface area contributed by atoms with Crippen molar-refractivity contribution in [2.24, 2.45) is 0 Å². The van der Waals surface area contributed by atoms with Gasteiger partial charge in [0.05, 0.1) is 0 Å². The Morgan fingerprint density at radius 3 is 1.65 bits per heavy atom. The third-order valence-electron chi connectivity index (χ3n) is 7.47. The van der Waals surface area contributed by atoms with E-state index in [1.54, 1.807) is 0 Å². The number of likely N-dealkylation sites (tertiary alicyclic amines) is 1. The van der Waals surface area contributed by atoms with E-state index in [1.165, 1.54) is 108 Å². The Morgan fingerprint density at radius 1 is 0.696 bits per heavy atom. The van der Waals surface area contributed by atoms with Gasteiger partial charge in [-0.3, -0.25) is 0 Å². The van der Waals surface area contributed by atoms with Gasteiger partial charge in [-0.25, -0.2) is 0 Å². The molecule has 3 fully saturated rings. The summed E-state index contributed by atoms with van der Waals surface area (Å²) in [6, 6.07) is 0. The van der Waals surface area contributed by atoms with Crippen molar-refractivity contribution in [2.45, 2.75) is 98.2 Å². The maximum absolute atomic E-state index is 10.7. The van der Waals surface area contributed by atoms with Crippen LogP contribution in [0.3, 0.4) is 0 Å². The molecule has 0 spiro atoms. The number of rotatable bonds is 6. The molecule has 0 aromatic rings. The van der Waals surface area contributed by atoms with Crippen LogP contribution in [0.1, 0.15) is 83.5 Å². The molecule has 134 valence electrons. The van der Waals surface area contributed by atoms with Gasteiger partial charge in [-0.1, -0.05) is 0 Å². The summed E-state index contributed by atoms with van der Waals surface area (Å²) in [5, 5.41) is 12.1. The maximum atomic E-state index is 10.7. The summed E-state index contributed by atoms with van der Waals surface area (Å²) in [7, 11) is 0. The second kappa shape index (κ2) is 9.24. The zero-order valence-corrected chi connectivity index (χ0v) is 17.4. The predicted octanol–water partition coefficient (Wildman–Crippen LogP) is 5.12. The topological polar surface area (TPSA) is 23.5 Å². The summed E-state index contributed by atoms with van der Waals surface area (Å²) in [4.78, 5) is 2.74. The first-order chi connectivity index (χ1) is 11.3. The summed E-state index contributed by atoms with van der Waals surface area (Å²) >= 11 is -2.16. The molecule has 1 aliphatic heterocycles. The minimum absolute atomic E-state index is 0.642. The molecule has 2 aliphatic carbocycles. The number of aliphatic hydroxyl groups is 1. The van der Waals surface area contributed by atoms with Gasteiger partial charge in [-0.05, 0) is 0 Å². The van der Waals surface area contributed by atoms with Gasteiger partial charge in [0.25, 0.3) is 0 Å². The summed E-state index contributed by atoms with van der Waals surface area (Å²) in [5.74, 6) is 0. The van der Waals surface area contributed by atoms with E-state index in [1.807, 2.05) is 0 Å². The van der Waals surface area contributed by atoms with Gasteiger partial charge >= 0.3 is 147 Å². The molecule has 0 bridgehead atoms. The molecule has 0 amide bonds. The van der Waals surface area contributed by atoms with Crippen LogP contribution in [-0.4, -0.2) is 48.3 Å². The zero-order valence-electron chi connectivity index (χ0n) is 15.3. The van der Waals surface area contributed by atoms with Gasteiger partial charge in [0.15, 0.2) is 0 Å². The van der Waals surface area contributed by atoms with Crippen molar-refractivity contribution in [3.8, 4) is 0 Å². The molecule has 2 nitrogen and oxygen atoms in total. The van der Waals surface area contributed by atoms with Crippen molar-refractivity contribution in [3.05, 3.63) is 0 Å². The van der Waals surface area contributed by atoms with Gasteiger partial charge < -0.3 is 0 Å². The van der Waals surface area contributed by atoms with Crippen molar-refractivity contribution >= 4 is 13.3 Å². The zero-order chi connectivity index (χ0) is 16.0. The van der Waals surface area contributed by atoms with Crippen molar-refractivity contribution in [3.63, 3.8) is 0 Å². The summed E-state index contributed by atoms with van der Waals surface area (Å²) in [6.07, 6.45) is 18.9. The summed E-state index contributed by atoms with van der Waals surface area (Å²) in [6.45, 7) is 3.99. The van der Waals surface area contributed by atoms with Crippen LogP contribution in [0.25, 0.3) is 0 Å². The fourth-order valence-electron chi connectivity index (χ4n) is 5.98. The molecule has 0 atom stereocenters. The number of hydrogen-bond donors (Lipinski definition) is 1. The van der Waals surface area contributed by atoms with Gasteiger partial charge in [0.1, 0.15) is 0 Å².